The van der Waals surface area contributed by atoms with Crippen molar-refractivity contribution in [3.63, 3.8) is 0 Å². The highest BCUT2D eigenvalue weighted by Crippen LogP contribution is 2.39. The predicted molar refractivity (Wildman–Crippen MR) is 123 cm³/mol. The lowest BCUT2D eigenvalue weighted by molar-refractivity contribution is -0.128. The van der Waals surface area contributed by atoms with Gasteiger partial charge in [0.1, 0.15) is 13.2 Å². The summed E-state index contributed by atoms with van der Waals surface area (Å²) in [6.45, 7) is 2.41. The molecule has 8 nitrogen and oxygen atoms in total. The smallest absolute Gasteiger partial charge is 0.243 e. The van der Waals surface area contributed by atoms with E-state index in [9.17, 15) is 13.2 Å². The molecule has 2 aromatic carbocycles. The summed E-state index contributed by atoms with van der Waals surface area (Å²) >= 11 is 0. The van der Waals surface area contributed by atoms with Crippen LogP contribution in [0.3, 0.4) is 0 Å². The molecule has 0 saturated carbocycles. The Morgan fingerprint density at radius 1 is 1.06 bits per heavy atom. The van der Waals surface area contributed by atoms with Crippen LogP contribution in [0.15, 0.2) is 53.4 Å². The van der Waals surface area contributed by atoms with Crippen molar-refractivity contribution in [1.82, 2.24) is 9.62 Å². The van der Waals surface area contributed by atoms with Crippen molar-refractivity contribution < 1.29 is 27.4 Å². The number of piperidine rings is 1. The van der Waals surface area contributed by atoms with Crippen LogP contribution in [0.1, 0.15) is 24.8 Å². The van der Waals surface area contributed by atoms with Gasteiger partial charge in [-0.05, 0) is 37.0 Å². The van der Waals surface area contributed by atoms with Gasteiger partial charge in [-0.1, -0.05) is 30.3 Å². The number of hydrogen-bond acceptors (Lipinski definition) is 6. The standard InChI is InChI=1S/C24H30N2O6S/c1-30-15-5-12-25-23(27)24(19-6-3-2-4-7-19)10-13-26(14-11-24)33(28,29)20-8-9-21-22(18-20)32-17-16-31-21/h2-4,6-9,18H,5,10-17H2,1H3,(H,25,27). The van der Waals surface area contributed by atoms with Gasteiger partial charge >= 0.3 is 0 Å². The molecular weight excluding hydrogens is 444 g/mol. The number of carbonyl (C=O) groups is 1. The molecule has 1 amide bonds. The number of hydrogen-bond donors (Lipinski definition) is 1. The molecule has 1 fully saturated rings. The molecule has 0 atom stereocenters. The minimum absolute atomic E-state index is 0.0684. The Hall–Kier alpha value is -2.62. The van der Waals surface area contributed by atoms with E-state index in [-0.39, 0.29) is 23.9 Å². The van der Waals surface area contributed by atoms with Crippen LogP contribution < -0.4 is 14.8 Å². The van der Waals surface area contributed by atoms with E-state index in [1.165, 1.54) is 10.4 Å². The number of nitrogens with zero attached hydrogens (tertiary/aromatic N) is 1. The van der Waals surface area contributed by atoms with Crippen molar-refractivity contribution in [2.45, 2.75) is 29.6 Å². The van der Waals surface area contributed by atoms with E-state index in [1.807, 2.05) is 30.3 Å². The second-order valence-corrected chi connectivity index (χ2v) is 10.2. The van der Waals surface area contributed by atoms with Gasteiger partial charge in [0.25, 0.3) is 0 Å². The first-order valence-electron chi connectivity index (χ1n) is 11.2. The maximum atomic E-state index is 13.3. The van der Waals surface area contributed by atoms with Crippen molar-refractivity contribution in [2.75, 3.05) is 46.6 Å². The van der Waals surface area contributed by atoms with Gasteiger partial charge in [0.15, 0.2) is 11.5 Å². The van der Waals surface area contributed by atoms with Gasteiger partial charge in [0, 0.05) is 39.4 Å². The molecule has 0 bridgehead atoms. The lowest BCUT2D eigenvalue weighted by Crippen LogP contribution is -2.53. The summed E-state index contributed by atoms with van der Waals surface area (Å²) in [5.41, 5.74) is 0.137. The van der Waals surface area contributed by atoms with Crippen LogP contribution >= 0.6 is 0 Å². The molecule has 2 aliphatic rings. The molecule has 1 saturated heterocycles. The van der Waals surface area contributed by atoms with Crippen molar-refractivity contribution >= 4 is 15.9 Å². The van der Waals surface area contributed by atoms with Gasteiger partial charge in [0.2, 0.25) is 15.9 Å². The maximum Gasteiger partial charge on any atom is 0.243 e. The van der Waals surface area contributed by atoms with Gasteiger partial charge in [0.05, 0.1) is 10.3 Å². The van der Waals surface area contributed by atoms with Crippen molar-refractivity contribution in [1.29, 1.82) is 0 Å². The third-order valence-corrected chi connectivity index (χ3v) is 8.19. The molecule has 2 aromatic rings. The summed E-state index contributed by atoms with van der Waals surface area (Å²) in [5.74, 6) is 0.918. The van der Waals surface area contributed by atoms with E-state index >= 15 is 0 Å². The molecule has 0 spiro atoms. The largest absolute Gasteiger partial charge is 0.486 e. The first-order valence-corrected chi connectivity index (χ1v) is 12.6. The number of methoxy groups -OCH3 is 1. The average molecular weight is 475 g/mol. The molecule has 2 heterocycles. The molecule has 0 unspecified atom stereocenters. The Bertz CT molecular complexity index is 1070. The Morgan fingerprint density at radius 2 is 1.76 bits per heavy atom. The van der Waals surface area contributed by atoms with E-state index < -0.39 is 15.4 Å². The predicted octanol–water partition coefficient (Wildman–Crippen LogP) is 2.33. The van der Waals surface area contributed by atoms with E-state index in [0.29, 0.717) is 50.7 Å². The van der Waals surface area contributed by atoms with Crippen LogP contribution in [-0.4, -0.2) is 65.2 Å². The van der Waals surface area contributed by atoms with E-state index in [4.69, 9.17) is 14.2 Å². The minimum Gasteiger partial charge on any atom is -0.486 e. The number of nitrogens with one attached hydrogen (secondary N) is 1. The molecule has 33 heavy (non-hydrogen) atoms. The monoisotopic (exact) mass is 474 g/mol. The van der Waals surface area contributed by atoms with E-state index in [2.05, 4.69) is 5.32 Å². The number of carbonyl (C=O) groups excluding carboxylic acids is 1. The van der Waals surface area contributed by atoms with Crippen LogP contribution in [0.4, 0.5) is 0 Å². The summed E-state index contributed by atoms with van der Waals surface area (Å²) in [4.78, 5) is 13.5. The number of rotatable bonds is 8. The molecule has 9 heteroatoms. The topological polar surface area (TPSA) is 94.2 Å². The second kappa shape index (κ2) is 10.1. The van der Waals surface area contributed by atoms with Gasteiger partial charge in [-0.3, -0.25) is 4.79 Å². The molecule has 0 aromatic heterocycles. The van der Waals surface area contributed by atoms with Crippen LogP contribution in [-0.2, 0) is 25.0 Å². The quantitative estimate of drug-likeness (QED) is 0.591. The third kappa shape index (κ3) is 4.85. The fourth-order valence-corrected chi connectivity index (χ4v) is 5.89. The Labute approximate surface area is 194 Å². The van der Waals surface area contributed by atoms with Gasteiger partial charge < -0.3 is 19.5 Å². The van der Waals surface area contributed by atoms with Gasteiger partial charge in [-0.25, -0.2) is 8.42 Å². The first kappa shape index (κ1) is 23.5. The highest BCUT2D eigenvalue weighted by Gasteiger charge is 2.45. The van der Waals surface area contributed by atoms with Crippen molar-refractivity contribution in [2.24, 2.45) is 0 Å². The third-order valence-electron chi connectivity index (χ3n) is 6.30. The molecule has 0 radical (unpaired) electrons. The molecule has 178 valence electrons. The SMILES string of the molecule is COCCCNC(=O)C1(c2ccccc2)CCN(S(=O)(=O)c2ccc3c(c2)OCCO3)CC1. The van der Waals surface area contributed by atoms with Crippen LogP contribution in [0.5, 0.6) is 11.5 Å². The minimum atomic E-state index is -3.73. The van der Waals surface area contributed by atoms with E-state index in [1.54, 1.807) is 19.2 Å². The lowest BCUT2D eigenvalue weighted by Gasteiger charge is -2.40. The van der Waals surface area contributed by atoms with Gasteiger partial charge in [-0.2, -0.15) is 4.31 Å². The number of benzene rings is 2. The van der Waals surface area contributed by atoms with E-state index in [0.717, 1.165) is 12.0 Å². The zero-order valence-corrected chi connectivity index (χ0v) is 19.6. The fraction of sp³-hybridized carbons (Fsp3) is 0.458. The second-order valence-electron chi connectivity index (χ2n) is 8.26. The van der Waals surface area contributed by atoms with Crippen LogP contribution in [0.25, 0.3) is 0 Å². The summed E-state index contributed by atoms with van der Waals surface area (Å²) < 4.78 is 44.3. The summed E-state index contributed by atoms with van der Waals surface area (Å²) in [5, 5.41) is 3.03. The normalized spacial score (nSPS) is 18.0. The lowest BCUT2D eigenvalue weighted by atomic mass is 9.72. The number of fused-ring (bicyclic) bond motifs is 1. The zero-order valence-electron chi connectivity index (χ0n) is 18.8. The van der Waals surface area contributed by atoms with Crippen LogP contribution in [0, 0.1) is 0 Å². The average Bonchev–Trinajstić information content (AvgIpc) is 2.86. The fourth-order valence-electron chi connectivity index (χ4n) is 4.43. The molecule has 4 rings (SSSR count). The Balaban J connectivity index is 1.52. The highest BCUT2D eigenvalue weighted by atomic mass is 32.2. The molecular formula is C24H30N2O6S. The van der Waals surface area contributed by atoms with Crippen molar-refractivity contribution in [3.05, 3.63) is 54.1 Å². The first-order chi connectivity index (χ1) is 16.0. The maximum absolute atomic E-state index is 13.3. The Kier molecular flexibility index (Phi) is 7.21. The van der Waals surface area contributed by atoms with Gasteiger partial charge in [-0.15, -0.1) is 0 Å². The molecule has 0 aliphatic carbocycles. The molecule has 1 N–H and O–H groups in total. The Morgan fingerprint density at radius 3 is 2.45 bits per heavy atom. The summed E-state index contributed by atoms with van der Waals surface area (Å²) in [6.07, 6.45) is 1.52. The summed E-state index contributed by atoms with van der Waals surface area (Å²) in [6, 6.07) is 14.3. The number of sulfonamides is 1. The summed E-state index contributed by atoms with van der Waals surface area (Å²) in [7, 11) is -2.10. The van der Waals surface area contributed by atoms with Crippen LogP contribution in [0.2, 0.25) is 0 Å². The zero-order chi connectivity index (χ0) is 23.3. The molecule has 2 aliphatic heterocycles. The van der Waals surface area contributed by atoms with Crippen molar-refractivity contribution in [3.8, 4) is 11.5 Å². The highest BCUT2D eigenvalue weighted by molar-refractivity contribution is 7.89. The number of ether oxygens (including phenoxy) is 3. The number of amides is 1.